The average Bonchev–Trinajstić information content (AvgIpc) is 3.09. The number of hydrogen-bond donors (Lipinski definition) is 2. The predicted octanol–water partition coefficient (Wildman–Crippen LogP) is 2.38. The van der Waals surface area contributed by atoms with Crippen molar-refractivity contribution in [2.45, 2.75) is 4.90 Å². The standard InChI is InChI=1S/C17H15N3O3S/c18-24(22,23)16-9-5-14(6-10-16)19-17(21)13-3-7-15(8-4-13)20-11-1-2-12-20/h1-12H,(H,19,21)(H2,18,22,23). The highest BCUT2D eigenvalue weighted by atomic mass is 32.2. The van der Waals surface area contributed by atoms with Crippen molar-refractivity contribution in [1.29, 1.82) is 0 Å². The van der Waals surface area contributed by atoms with Crippen LogP contribution < -0.4 is 10.5 Å². The number of anilines is 1. The maximum absolute atomic E-state index is 12.2. The number of carbonyl (C=O) groups excluding carboxylic acids is 1. The molecule has 6 nitrogen and oxygen atoms in total. The van der Waals surface area contributed by atoms with Crippen molar-refractivity contribution in [3.8, 4) is 5.69 Å². The zero-order valence-corrected chi connectivity index (χ0v) is 13.4. The van der Waals surface area contributed by atoms with E-state index >= 15 is 0 Å². The summed E-state index contributed by atoms with van der Waals surface area (Å²) in [5, 5.41) is 7.75. The molecule has 0 fully saturated rings. The van der Waals surface area contributed by atoms with Gasteiger partial charge in [0.2, 0.25) is 10.0 Å². The number of primary sulfonamides is 1. The molecule has 0 radical (unpaired) electrons. The lowest BCUT2D eigenvalue weighted by molar-refractivity contribution is 0.102. The number of hydrogen-bond acceptors (Lipinski definition) is 3. The molecule has 0 saturated carbocycles. The van der Waals surface area contributed by atoms with Crippen molar-refractivity contribution in [1.82, 2.24) is 4.57 Å². The summed E-state index contributed by atoms with van der Waals surface area (Å²) in [6.07, 6.45) is 3.84. The minimum Gasteiger partial charge on any atom is -0.324 e. The number of nitrogens with zero attached hydrogens (tertiary/aromatic N) is 1. The molecule has 2 aromatic carbocycles. The van der Waals surface area contributed by atoms with E-state index < -0.39 is 10.0 Å². The van der Waals surface area contributed by atoms with Crippen LogP contribution in [0, 0.1) is 0 Å². The molecular formula is C17H15N3O3S. The molecule has 1 aromatic heterocycles. The average molecular weight is 341 g/mol. The minimum atomic E-state index is -3.74. The molecule has 3 rings (SSSR count). The Morgan fingerprint density at radius 3 is 2.04 bits per heavy atom. The maximum Gasteiger partial charge on any atom is 0.255 e. The molecule has 0 spiro atoms. The van der Waals surface area contributed by atoms with Gasteiger partial charge in [-0.05, 0) is 60.7 Å². The number of nitrogens with one attached hydrogen (secondary N) is 1. The molecule has 3 N–H and O–H groups in total. The lowest BCUT2D eigenvalue weighted by atomic mass is 10.2. The summed E-state index contributed by atoms with van der Waals surface area (Å²) < 4.78 is 24.3. The molecule has 1 heterocycles. The Balaban J connectivity index is 1.73. The third-order valence-corrected chi connectivity index (χ3v) is 4.40. The molecule has 1 amide bonds. The molecule has 0 aliphatic heterocycles. The Hall–Kier alpha value is -2.90. The van der Waals surface area contributed by atoms with E-state index in [-0.39, 0.29) is 10.8 Å². The quantitative estimate of drug-likeness (QED) is 0.763. The predicted molar refractivity (Wildman–Crippen MR) is 91.5 cm³/mol. The number of carbonyl (C=O) groups is 1. The number of aromatic nitrogens is 1. The van der Waals surface area contributed by atoms with Crippen LogP contribution in [0.25, 0.3) is 5.69 Å². The zero-order valence-electron chi connectivity index (χ0n) is 12.6. The topological polar surface area (TPSA) is 94.2 Å². The van der Waals surface area contributed by atoms with Gasteiger partial charge in [0.15, 0.2) is 0 Å². The van der Waals surface area contributed by atoms with Crippen LogP contribution >= 0.6 is 0 Å². The first-order chi connectivity index (χ1) is 11.4. The SMILES string of the molecule is NS(=O)(=O)c1ccc(NC(=O)c2ccc(-n3cccc3)cc2)cc1. The monoisotopic (exact) mass is 341 g/mol. The van der Waals surface area contributed by atoms with Crippen LogP contribution in [0.3, 0.4) is 0 Å². The molecule has 0 atom stereocenters. The van der Waals surface area contributed by atoms with Crippen LogP contribution in [0.4, 0.5) is 5.69 Å². The fourth-order valence-corrected chi connectivity index (χ4v) is 2.74. The van der Waals surface area contributed by atoms with Crippen LogP contribution in [-0.2, 0) is 10.0 Å². The maximum atomic E-state index is 12.2. The number of amides is 1. The number of rotatable bonds is 4. The van der Waals surface area contributed by atoms with E-state index in [4.69, 9.17) is 5.14 Å². The molecule has 0 unspecified atom stereocenters. The zero-order chi connectivity index (χ0) is 17.2. The van der Waals surface area contributed by atoms with Gasteiger partial charge in [0.25, 0.3) is 5.91 Å². The number of sulfonamides is 1. The Labute approximate surface area is 139 Å². The molecule has 0 aliphatic rings. The van der Waals surface area contributed by atoms with Gasteiger partial charge in [0.1, 0.15) is 0 Å². The summed E-state index contributed by atoms with van der Waals surface area (Å²) in [5.41, 5.74) is 1.94. The first kappa shape index (κ1) is 16.0. The molecule has 0 saturated heterocycles. The summed E-state index contributed by atoms with van der Waals surface area (Å²) in [6, 6.07) is 16.7. The van der Waals surface area contributed by atoms with Gasteiger partial charge in [-0.15, -0.1) is 0 Å². The first-order valence-electron chi connectivity index (χ1n) is 7.11. The fourth-order valence-electron chi connectivity index (χ4n) is 2.22. The van der Waals surface area contributed by atoms with Gasteiger partial charge in [-0.2, -0.15) is 0 Å². The minimum absolute atomic E-state index is 0.00317. The van der Waals surface area contributed by atoms with E-state index in [1.54, 1.807) is 12.1 Å². The molecule has 122 valence electrons. The normalized spacial score (nSPS) is 11.2. The van der Waals surface area contributed by atoms with E-state index in [1.807, 2.05) is 41.2 Å². The van der Waals surface area contributed by atoms with Gasteiger partial charge in [-0.25, -0.2) is 13.6 Å². The van der Waals surface area contributed by atoms with Gasteiger partial charge in [-0.1, -0.05) is 0 Å². The Morgan fingerprint density at radius 2 is 1.50 bits per heavy atom. The largest absolute Gasteiger partial charge is 0.324 e. The fraction of sp³-hybridized carbons (Fsp3) is 0. The van der Waals surface area contributed by atoms with Crippen LogP contribution in [0.2, 0.25) is 0 Å². The summed E-state index contributed by atoms with van der Waals surface area (Å²) in [7, 11) is -3.74. The molecule has 3 aromatic rings. The van der Waals surface area contributed by atoms with Crippen LogP contribution in [0.5, 0.6) is 0 Å². The highest BCUT2D eigenvalue weighted by molar-refractivity contribution is 7.89. The first-order valence-corrected chi connectivity index (χ1v) is 8.66. The number of benzene rings is 2. The highest BCUT2D eigenvalue weighted by Gasteiger charge is 2.09. The molecular weight excluding hydrogens is 326 g/mol. The third kappa shape index (κ3) is 3.53. The van der Waals surface area contributed by atoms with Gasteiger partial charge >= 0.3 is 0 Å². The van der Waals surface area contributed by atoms with Crippen LogP contribution in [-0.4, -0.2) is 18.9 Å². The number of nitrogens with two attached hydrogens (primary N) is 1. The molecule has 0 bridgehead atoms. The summed E-state index contributed by atoms with van der Waals surface area (Å²) in [4.78, 5) is 12.2. The van der Waals surface area contributed by atoms with E-state index in [2.05, 4.69) is 5.32 Å². The van der Waals surface area contributed by atoms with E-state index in [0.717, 1.165) is 5.69 Å². The Morgan fingerprint density at radius 1 is 0.917 bits per heavy atom. The second kappa shape index (κ2) is 6.31. The summed E-state index contributed by atoms with van der Waals surface area (Å²) in [6.45, 7) is 0. The molecule has 7 heteroatoms. The van der Waals surface area contributed by atoms with Gasteiger partial charge < -0.3 is 9.88 Å². The lowest BCUT2D eigenvalue weighted by Crippen LogP contribution is -2.13. The van der Waals surface area contributed by atoms with Crippen molar-refractivity contribution in [3.05, 3.63) is 78.6 Å². The second-order valence-electron chi connectivity index (χ2n) is 5.16. The van der Waals surface area contributed by atoms with Crippen molar-refractivity contribution in [2.75, 3.05) is 5.32 Å². The Bertz CT molecular complexity index is 945. The van der Waals surface area contributed by atoms with E-state index in [1.165, 1.54) is 24.3 Å². The van der Waals surface area contributed by atoms with Crippen LogP contribution in [0.15, 0.2) is 78.0 Å². The van der Waals surface area contributed by atoms with Crippen molar-refractivity contribution < 1.29 is 13.2 Å². The highest BCUT2D eigenvalue weighted by Crippen LogP contribution is 2.15. The second-order valence-corrected chi connectivity index (χ2v) is 6.72. The van der Waals surface area contributed by atoms with Crippen LogP contribution in [0.1, 0.15) is 10.4 Å². The van der Waals surface area contributed by atoms with Crippen molar-refractivity contribution >= 4 is 21.6 Å². The van der Waals surface area contributed by atoms with Crippen molar-refractivity contribution in [3.63, 3.8) is 0 Å². The van der Waals surface area contributed by atoms with Gasteiger partial charge in [0.05, 0.1) is 4.90 Å². The lowest BCUT2D eigenvalue weighted by Gasteiger charge is -2.07. The molecule has 0 aliphatic carbocycles. The van der Waals surface area contributed by atoms with Crippen molar-refractivity contribution in [2.24, 2.45) is 5.14 Å². The van der Waals surface area contributed by atoms with E-state index in [9.17, 15) is 13.2 Å². The summed E-state index contributed by atoms with van der Waals surface area (Å²) in [5.74, 6) is -0.280. The molecule has 24 heavy (non-hydrogen) atoms. The third-order valence-electron chi connectivity index (χ3n) is 3.47. The van der Waals surface area contributed by atoms with E-state index in [0.29, 0.717) is 11.3 Å². The summed E-state index contributed by atoms with van der Waals surface area (Å²) >= 11 is 0. The van der Waals surface area contributed by atoms with Gasteiger partial charge in [-0.3, -0.25) is 4.79 Å². The smallest absolute Gasteiger partial charge is 0.255 e. The Kier molecular flexibility index (Phi) is 4.20. The van der Waals surface area contributed by atoms with Gasteiger partial charge in [0, 0.05) is 29.3 Å².